The molecule has 0 N–H and O–H groups in total. The number of hydrogen-bond donors (Lipinski definition) is 0. The summed E-state index contributed by atoms with van der Waals surface area (Å²) in [6.07, 6.45) is 4.19. The number of ketones is 1. The number of halogens is 1. The van der Waals surface area contributed by atoms with Crippen LogP contribution in [0.5, 0.6) is 0 Å². The molecule has 18 heavy (non-hydrogen) atoms. The Bertz CT molecular complexity index is 552. The third kappa shape index (κ3) is 3.41. The van der Waals surface area contributed by atoms with Gasteiger partial charge in [-0.15, -0.1) is 0 Å². The van der Waals surface area contributed by atoms with E-state index >= 15 is 0 Å². The monoisotopic (exact) mass is 259 g/mol. The van der Waals surface area contributed by atoms with Crippen molar-refractivity contribution in [3.05, 3.63) is 64.4 Å². The molecule has 1 aromatic heterocycles. The van der Waals surface area contributed by atoms with Crippen molar-refractivity contribution in [2.75, 3.05) is 0 Å². The van der Waals surface area contributed by atoms with Gasteiger partial charge in [0.2, 0.25) is 0 Å². The zero-order valence-corrected chi connectivity index (χ0v) is 10.9. The molecule has 92 valence electrons. The first-order valence-electron chi connectivity index (χ1n) is 5.81. The van der Waals surface area contributed by atoms with E-state index in [0.717, 1.165) is 16.7 Å². The number of hydrogen-bond acceptors (Lipinski definition) is 2. The second kappa shape index (κ2) is 5.78. The van der Waals surface area contributed by atoms with Crippen molar-refractivity contribution < 1.29 is 4.79 Å². The van der Waals surface area contributed by atoms with Gasteiger partial charge in [-0.3, -0.25) is 9.78 Å². The molecule has 0 fully saturated rings. The molecular formula is C15H14ClNO. The van der Waals surface area contributed by atoms with Crippen LogP contribution in [-0.4, -0.2) is 10.8 Å². The molecule has 2 rings (SSSR count). The largest absolute Gasteiger partial charge is 0.299 e. The summed E-state index contributed by atoms with van der Waals surface area (Å²) in [6, 6.07) is 9.49. The van der Waals surface area contributed by atoms with E-state index in [9.17, 15) is 4.79 Å². The number of nitrogens with zero attached hydrogens (tertiary/aromatic N) is 1. The van der Waals surface area contributed by atoms with E-state index in [1.54, 1.807) is 12.4 Å². The second-order valence-corrected chi connectivity index (χ2v) is 4.75. The van der Waals surface area contributed by atoms with Crippen LogP contribution in [-0.2, 0) is 17.6 Å². The number of carbonyl (C=O) groups excluding carboxylic acids is 1. The number of carbonyl (C=O) groups is 1. The Morgan fingerprint density at radius 1 is 1.17 bits per heavy atom. The summed E-state index contributed by atoms with van der Waals surface area (Å²) >= 11 is 6.11. The van der Waals surface area contributed by atoms with Crippen molar-refractivity contribution in [2.24, 2.45) is 0 Å². The first-order chi connectivity index (χ1) is 8.65. The lowest BCUT2D eigenvalue weighted by Gasteiger charge is -2.05. The Kier molecular flexibility index (Phi) is 4.11. The maximum atomic E-state index is 11.9. The van der Waals surface area contributed by atoms with Gasteiger partial charge in [0, 0.05) is 30.3 Å². The van der Waals surface area contributed by atoms with Crippen LogP contribution in [0.2, 0.25) is 5.02 Å². The molecular weight excluding hydrogens is 246 g/mol. The van der Waals surface area contributed by atoms with Gasteiger partial charge >= 0.3 is 0 Å². The lowest BCUT2D eigenvalue weighted by Crippen LogP contribution is -2.07. The van der Waals surface area contributed by atoms with E-state index in [1.807, 2.05) is 37.3 Å². The quantitative estimate of drug-likeness (QED) is 0.842. The number of aromatic nitrogens is 1. The Balaban J connectivity index is 2.03. The smallest absolute Gasteiger partial charge is 0.141 e. The van der Waals surface area contributed by atoms with Gasteiger partial charge in [0.1, 0.15) is 5.78 Å². The van der Waals surface area contributed by atoms with Gasteiger partial charge in [-0.1, -0.05) is 23.7 Å². The first kappa shape index (κ1) is 12.8. The third-order valence-corrected chi connectivity index (χ3v) is 3.10. The normalized spacial score (nSPS) is 10.3. The van der Waals surface area contributed by atoms with Crippen LogP contribution in [0.3, 0.4) is 0 Å². The Labute approximate surface area is 112 Å². The molecule has 0 aliphatic carbocycles. The molecule has 0 saturated carbocycles. The Hall–Kier alpha value is -1.67. The third-order valence-electron chi connectivity index (χ3n) is 2.75. The van der Waals surface area contributed by atoms with Crippen LogP contribution in [0.25, 0.3) is 0 Å². The maximum Gasteiger partial charge on any atom is 0.141 e. The van der Waals surface area contributed by atoms with Crippen molar-refractivity contribution in [1.82, 2.24) is 4.98 Å². The molecule has 0 unspecified atom stereocenters. The van der Waals surface area contributed by atoms with Crippen LogP contribution >= 0.6 is 11.6 Å². The molecule has 1 aromatic carbocycles. The van der Waals surface area contributed by atoms with E-state index in [-0.39, 0.29) is 5.78 Å². The van der Waals surface area contributed by atoms with Crippen molar-refractivity contribution in [3.63, 3.8) is 0 Å². The molecule has 0 bridgehead atoms. The molecule has 0 amide bonds. The molecule has 0 atom stereocenters. The van der Waals surface area contributed by atoms with Gasteiger partial charge < -0.3 is 0 Å². The van der Waals surface area contributed by atoms with Crippen LogP contribution < -0.4 is 0 Å². The minimum Gasteiger partial charge on any atom is -0.299 e. The molecule has 2 nitrogen and oxygen atoms in total. The molecule has 0 radical (unpaired) electrons. The Morgan fingerprint density at radius 3 is 2.56 bits per heavy atom. The molecule has 2 aromatic rings. The summed E-state index contributed by atoms with van der Waals surface area (Å²) in [5, 5.41) is 0.665. The molecule has 0 spiro atoms. The van der Waals surface area contributed by atoms with Crippen molar-refractivity contribution >= 4 is 17.4 Å². The average molecular weight is 260 g/mol. The average Bonchev–Trinajstić information content (AvgIpc) is 2.34. The minimum absolute atomic E-state index is 0.159. The van der Waals surface area contributed by atoms with E-state index in [0.29, 0.717) is 17.9 Å². The highest BCUT2D eigenvalue weighted by Gasteiger charge is 2.08. The number of pyridine rings is 1. The fourth-order valence-corrected chi connectivity index (χ4v) is 2.10. The minimum atomic E-state index is 0.159. The van der Waals surface area contributed by atoms with Gasteiger partial charge in [0.25, 0.3) is 0 Å². The SMILES string of the molecule is Cc1ccc(CC(=O)Cc2ccncc2)c(Cl)c1. The van der Waals surface area contributed by atoms with E-state index in [2.05, 4.69) is 4.98 Å². The summed E-state index contributed by atoms with van der Waals surface area (Å²) in [6.45, 7) is 1.98. The molecule has 0 aliphatic rings. The molecule has 3 heteroatoms. The van der Waals surface area contributed by atoms with Gasteiger partial charge in [-0.05, 0) is 41.8 Å². The van der Waals surface area contributed by atoms with E-state index in [4.69, 9.17) is 11.6 Å². The van der Waals surface area contributed by atoms with Crippen molar-refractivity contribution in [3.8, 4) is 0 Å². The predicted molar refractivity (Wildman–Crippen MR) is 72.8 cm³/mol. The summed E-state index contributed by atoms with van der Waals surface area (Å²) in [5.41, 5.74) is 2.98. The lowest BCUT2D eigenvalue weighted by atomic mass is 10.0. The van der Waals surface area contributed by atoms with Crippen LogP contribution in [0.15, 0.2) is 42.7 Å². The zero-order valence-electron chi connectivity index (χ0n) is 10.2. The fourth-order valence-electron chi connectivity index (χ4n) is 1.80. The van der Waals surface area contributed by atoms with Crippen molar-refractivity contribution in [2.45, 2.75) is 19.8 Å². The number of benzene rings is 1. The van der Waals surface area contributed by atoms with Crippen LogP contribution in [0.4, 0.5) is 0 Å². The highest BCUT2D eigenvalue weighted by Crippen LogP contribution is 2.18. The summed E-state index contributed by atoms with van der Waals surface area (Å²) in [4.78, 5) is 15.9. The van der Waals surface area contributed by atoms with Gasteiger partial charge in [-0.25, -0.2) is 0 Å². The highest BCUT2D eigenvalue weighted by molar-refractivity contribution is 6.31. The maximum absolute atomic E-state index is 11.9. The zero-order chi connectivity index (χ0) is 13.0. The highest BCUT2D eigenvalue weighted by atomic mass is 35.5. The topological polar surface area (TPSA) is 30.0 Å². The number of aryl methyl sites for hydroxylation is 1. The van der Waals surface area contributed by atoms with Gasteiger partial charge in [0.05, 0.1) is 0 Å². The van der Waals surface area contributed by atoms with E-state index < -0.39 is 0 Å². The lowest BCUT2D eigenvalue weighted by molar-refractivity contribution is -0.117. The Morgan fingerprint density at radius 2 is 1.89 bits per heavy atom. The number of rotatable bonds is 4. The predicted octanol–water partition coefficient (Wildman–Crippen LogP) is 3.40. The van der Waals surface area contributed by atoms with Gasteiger partial charge in [-0.2, -0.15) is 0 Å². The summed E-state index contributed by atoms with van der Waals surface area (Å²) in [7, 11) is 0. The van der Waals surface area contributed by atoms with Gasteiger partial charge in [0.15, 0.2) is 0 Å². The second-order valence-electron chi connectivity index (χ2n) is 4.34. The van der Waals surface area contributed by atoms with Crippen molar-refractivity contribution in [1.29, 1.82) is 0 Å². The fraction of sp³-hybridized carbons (Fsp3) is 0.200. The molecule has 0 aliphatic heterocycles. The summed E-state index contributed by atoms with van der Waals surface area (Å²) in [5.74, 6) is 0.159. The summed E-state index contributed by atoms with van der Waals surface area (Å²) < 4.78 is 0. The first-order valence-corrected chi connectivity index (χ1v) is 6.18. The van der Waals surface area contributed by atoms with Crippen LogP contribution in [0, 0.1) is 6.92 Å². The molecule has 0 saturated heterocycles. The molecule has 1 heterocycles. The standard InChI is InChI=1S/C15H14ClNO/c1-11-2-3-13(15(16)8-11)10-14(18)9-12-4-6-17-7-5-12/h2-8H,9-10H2,1H3. The van der Waals surface area contributed by atoms with Crippen LogP contribution in [0.1, 0.15) is 16.7 Å². The number of Topliss-reactive ketones (excluding diaryl/α,β-unsaturated/α-hetero) is 1. The van der Waals surface area contributed by atoms with E-state index in [1.165, 1.54) is 0 Å².